The van der Waals surface area contributed by atoms with Crippen LogP contribution in [0.15, 0.2) is 35.3 Å². The molecule has 3 rings (SSSR count). The maximum absolute atomic E-state index is 5.48. The molecular formula is C16H24N4O. The zero-order valence-electron chi connectivity index (χ0n) is 12.4. The van der Waals surface area contributed by atoms with Gasteiger partial charge in [-0.3, -0.25) is 9.89 Å². The SMILES string of the molecule is c1ccc(C(CNC2=NCCCN2)N2CCOCC2)cc1. The summed E-state index contributed by atoms with van der Waals surface area (Å²) in [6.45, 7) is 6.42. The van der Waals surface area contributed by atoms with E-state index in [4.69, 9.17) is 4.74 Å². The molecule has 1 fully saturated rings. The molecule has 1 saturated heterocycles. The predicted molar refractivity (Wildman–Crippen MR) is 84.5 cm³/mol. The van der Waals surface area contributed by atoms with E-state index in [0.717, 1.165) is 58.3 Å². The average Bonchev–Trinajstić information content (AvgIpc) is 2.58. The van der Waals surface area contributed by atoms with Crippen molar-refractivity contribution in [3.63, 3.8) is 0 Å². The summed E-state index contributed by atoms with van der Waals surface area (Å²) in [5.41, 5.74) is 1.35. The highest BCUT2D eigenvalue weighted by atomic mass is 16.5. The summed E-state index contributed by atoms with van der Waals surface area (Å²) >= 11 is 0. The van der Waals surface area contributed by atoms with E-state index in [1.807, 2.05) is 0 Å². The molecule has 2 heterocycles. The van der Waals surface area contributed by atoms with Gasteiger partial charge in [0.2, 0.25) is 0 Å². The topological polar surface area (TPSA) is 48.9 Å². The number of nitrogens with zero attached hydrogens (tertiary/aromatic N) is 2. The summed E-state index contributed by atoms with van der Waals surface area (Å²) < 4.78 is 5.48. The molecule has 0 amide bonds. The normalized spacial score (nSPS) is 21.2. The molecule has 0 bridgehead atoms. The number of hydrogen-bond acceptors (Lipinski definition) is 5. The van der Waals surface area contributed by atoms with Crippen molar-refractivity contribution < 1.29 is 4.74 Å². The number of ether oxygens (including phenoxy) is 1. The Morgan fingerprint density at radius 3 is 2.76 bits per heavy atom. The molecular weight excluding hydrogens is 264 g/mol. The van der Waals surface area contributed by atoms with Gasteiger partial charge in [0.05, 0.1) is 19.3 Å². The van der Waals surface area contributed by atoms with E-state index in [1.165, 1.54) is 5.56 Å². The Hall–Kier alpha value is -1.59. The molecule has 2 aliphatic rings. The van der Waals surface area contributed by atoms with Crippen LogP contribution in [0.25, 0.3) is 0 Å². The number of aliphatic imine (C=N–C) groups is 1. The lowest BCUT2D eigenvalue weighted by Gasteiger charge is -2.35. The summed E-state index contributed by atoms with van der Waals surface area (Å²) in [4.78, 5) is 6.99. The highest BCUT2D eigenvalue weighted by molar-refractivity contribution is 5.80. The van der Waals surface area contributed by atoms with Crippen LogP contribution in [0.2, 0.25) is 0 Å². The maximum Gasteiger partial charge on any atom is 0.191 e. The largest absolute Gasteiger partial charge is 0.379 e. The van der Waals surface area contributed by atoms with Gasteiger partial charge in [-0.25, -0.2) is 0 Å². The first-order valence-corrected chi connectivity index (χ1v) is 7.82. The van der Waals surface area contributed by atoms with Gasteiger partial charge < -0.3 is 15.4 Å². The Morgan fingerprint density at radius 1 is 1.24 bits per heavy atom. The van der Waals surface area contributed by atoms with Crippen LogP contribution in [0.3, 0.4) is 0 Å². The van der Waals surface area contributed by atoms with Crippen molar-refractivity contribution >= 4 is 5.96 Å². The zero-order chi connectivity index (χ0) is 14.3. The lowest BCUT2D eigenvalue weighted by molar-refractivity contribution is 0.0170. The monoisotopic (exact) mass is 288 g/mol. The molecule has 5 heteroatoms. The minimum atomic E-state index is 0.363. The van der Waals surface area contributed by atoms with E-state index in [9.17, 15) is 0 Å². The quantitative estimate of drug-likeness (QED) is 0.868. The van der Waals surface area contributed by atoms with Gasteiger partial charge in [-0.1, -0.05) is 30.3 Å². The highest BCUT2D eigenvalue weighted by Gasteiger charge is 2.22. The minimum Gasteiger partial charge on any atom is -0.379 e. The molecule has 1 aromatic rings. The number of benzene rings is 1. The molecule has 1 atom stereocenters. The van der Waals surface area contributed by atoms with Crippen molar-refractivity contribution in [3.8, 4) is 0 Å². The third-order valence-corrected chi connectivity index (χ3v) is 4.03. The smallest absolute Gasteiger partial charge is 0.191 e. The van der Waals surface area contributed by atoms with E-state index in [2.05, 4.69) is 50.9 Å². The van der Waals surface area contributed by atoms with Gasteiger partial charge in [-0.15, -0.1) is 0 Å². The standard InChI is InChI=1S/C16H24N4O/c1-2-5-14(6-3-1)15(20-9-11-21-12-10-20)13-19-16-17-7-4-8-18-16/h1-3,5-6,15H,4,7-13H2,(H2,17,18,19). The van der Waals surface area contributed by atoms with Crippen molar-refractivity contribution in [1.29, 1.82) is 0 Å². The molecule has 21 heavy (non-hydrogen) atoms. The number of nitrogens with one attached hydrogen (secondary N) is 2. The van der Waals surface area contributed by atoms with E-state index in [1.54, 1.807) is 0 Å². The molecule has 0 radical (unpaired) electrons. The number of hydrogen-bond donors (Lipinski definition) is 2. The molecule has 1 aromatic carbocycles. The highest BCUT2D eigenvalue weighted by Crippen LogP contribution is 2.20. The Bertz CT molecular complexity index is 457. The summed E-state index contributed by atoms with van der Waals surface area (Å²) in [5, 5.41) is 6.80. The van der Waals surface area contributed by atoms with Crippen LogP contribution in [0, 0.1) is 0 Å². The second kappa shape index (κ2) is 7.43. The first kappa shape index (κ1) is 14.4. The fourth-order valence-corrected chi connectivity index (χ4v) is 2.87. The molecule has 0 aromatic heterocycles. The third kappa shape index (κ3) is 3.95. The zero-order valence-corrected chi connectivity index (χ0v) is 12.4. The van der Waals surface area contributed by atoms with Gasteiger partial charge in [0.1, 0.15) is 0 Å². The molecule has 2 aliphatic heterocycles. The first-order valence-electron chi connectivity index (χ1n) is 7.82. The second-order valence-electron chi connectivity index (χ2n) is 5.47. The van der Waals surface area contributed by atoms with E-state index in [-0.39, 0.29) is 0 Å². The second-order valence-corrected chi connectivity index (χ2v) is 5.47. The van der Waals surface area contributed by atoms with Gasteiger partial charge in [0, 0.05) is 32.7 Å². The Morgan fingerprint density at radius 2 is 2.05 bits per heavy atom. The van der Waals surface area contributed by atoms with Crippen molar-refractivity contribution in [1.82, 2.24) is 15.5 Å². The lowest BCUT2D eigenvalue weighted by Crippen LogP contribution is -2.47. The first-order chi connectivity index (χ1) is 10.4. The van der Waals surface area contributed by atoms with Crippen molar-refractivity contribution in [2.45, 2.75) is 12.5 Å². The van der Waals surface area contributed by atoms with Crippen LogP contribution in [-0.4, -0.2) is 56.8 Å². The van der Waals surface area contributed by atoms with Crippen molar-refractivity contribution in [3.05, 3.63) is 35.9 Å². The summed E-state index contributed by atoms with van der Waals surface area (Å²) in [7, 11) is 0. The Kier molecular flexibility index (Phi) is 5.08. The fourth-order valence-electron chi connectivity index (χ4n) is 2.87. The van der Waals surface area contributed by atoms with Crippen molar-refractivity contribution in [2.24, 2.45) is 4.99 Å². The van der Waals surface area contributed by atoms with E-state index in [0.29, 0.717) is 6.04 Å². The maximum atomic E-state index is 5.48. The molecule has 5 nitrogen and oxygen atoms in total. The van der Waals surface area contributed by atoms with Gasteiger partial charge >= 0.3 is 0 Å². The van der Waals surface area contributed by atoms with Crippen LogP contribution >= 0.6 is 0 Å². The molecule has 114 valence electrons. The molecule has 1 unspecified atom stereocenters. The lowest BCUT2D eigenvalue weighted by atomic mass is 10.0. The molecule has 2 N–H and O–H groups in total. The van der Waals surface area contributed by atoms with Gasteiger partial charge in [0.25, 0.3) is 0 Å². The average molecular weight is 288 g/mol. The van der Waals surface area contributed by atoms with Gasteiger partial charge in [-0.2, -0.15) is 0 Å². The number of morpholine rings is 1. The Labute approximate surface area is 126 Å². The van der Waals surface area contributed by atoms with Crippen molar-refractivity contribution in [2.75, 3.05) is 45.9 Å². The Balaban J connectivity index is 1.67. The predicted octanol–water partition coefficient (Wildman–Crippen LogP) is 0.999. The van der Waals surface area contributed by atoms with Crippen LogP contribution < -0.4 is 10.6 Å². The number of guanidine groups is 1. The van der Waals surface area contributed by atoms with Crippen LogP contribution in [0.1, 0.15) is 18.0 Å². The van der Waals surface area contributed by atoms with Gasteiger partial charge in [-0.05, 0) is 12.0 Å². The summed E-state index contributed by atoms with van der Waals surface area (Å²) in [5.74, 6) is 0.940. The van der Waals surface area contributed by atoms with Gasteiger partial charge in [0.15, 0.2) is 5.96 Å². The third-order valence-electron chi connectivity index (χ3n) is 4.03. The van der Waals surface area contributed by atoms with Crippen LogP contribution in [-0.2, 0) is 4.74 Å². The fraction of sp³-hybridized carbons (Fsp3) is 0.562. The van der Waals surface area contributed by atoms with E-state index < -0.39 is 0 Å². The molecule has 0 aliphatic carbocycles. The molecule has 0 saturated carbocycles. The number of rotatable bonds is 4. The summed E-state index contributed by atoms with van der Waals surface area (Å²) in [6.07, 6.45) is 1.12. The van der Waals surface area contributed by atoms with Crippen LogP contribution in [0.4, 0.5) is 0 Å². The minimum absolute atomic E-state index is 0.363. The molecule has 0 spiro atoms. The van der Waals surface area contributed by atoms with E-state index >= 15 is 0 Å². The van der Waals surface area contributed by atoms with Crippen LogP contribution in [0.5, 0.6) is 0 Å². The summed E-state index contributed by atoms with van der Waals surface area (Å²) in [6, 6.07) is 11.1.